The number of hydrogen-bond acceptors (Lipinski definition) is 6. The summed E-state index contributed by atoms with van der Waals surface area (Å²) in [6.45, 7) is 9.13. The molecule has 0 saturated carbocycles. The van der Waals surface area contributed by atoms with Gasteiger partial charge in [-0.1, -0.05) is 6.07 Å². The summed E-state index contributed by atoms with van der Waals surface area (Å²) in [5.41, 5.74) is 3.32. The van der Waals surface area contributed by atoms with E-state index in [1.54, 1.807) is 29.2 Å². The number of benzene rings is 3. The fourth-order valence-electron chi connectivity index (χ4n) is 5.32. The van der Waals surface area contributed by atoms with Crippen molar-refractivity contribution in [3.63, 3.8) is 0 Å². The summed E-state index contributed by atoms with van der Waals surface area (Å²) in [6.07, 6.45) is 0.903. The van der Waals surface area contributed by atoms with E-state index in [0.29, 0.717) is 74.5 Å². The molecule has 0 radical (unpaired) electrons. The van der Waals surface area contributed by atoms with Gasteiger partial charge in [-0.15, -0.1) is 0 Å². The van der Waals surface area contributed by atoms with Gasteiger partial charge in [0.2, 0.25) is 0 Å². The van der Waals surface area contributed by atoms with Gasteiger partial charge >= 0.3 is 6.09 Å². The van der Waals surface area contributed by atoms with E-state index >= 15 is 0 Å². The van der Waals surface area contributed by atoms with Crippen LogP contribution in [0.15, 0.2) is 54.6 Å². The maximum atomic E-state index is 14.1. The van der Waals surface area contributed by atoms with Crippen molar-refractivity contribution in [2.75, 3.05) is 44.6 Å². The van der Waals surface area contributed by atoms with Gasteiger partial charge in [-0.25, -0.2) is 13.6 Å². The Morgan fingerprint density at radius 1 is 0.884 bits per heavy atom. The van der Waals surface area contributed by atoms with E-state index in [9.17, 15) is 23.2 Å². The molecule has 8 nitrogen and oxygen atoms in total. The Morgan fingerprint density at radius 2 is 1.63 bits per heavy atom. The van der Waals surface area contributed by atoms with Crippen LogP contribution in [0, 0.1) is 11.6 Å². The molecule has 0 aromatic heterocycles. The number of carbonyl (C=O) groups is 3. The minimum atomic E-state index is -0.704. The van der Waals surface area contributed by atoms with Gasteiger partial charge in [0.15, 0.2) is 5.78 Å². The lowest BCUT2D eigenvalue weighted by atomic mass is 9.96. The predicted molar refractivity (Wildman–Crippen MR) is 160 cm³/mol. The second kappa shape index (κ2) is 12.5. The van der Waals surface area contributed by atoms with Crippen molar-refractivity contribution in [1.82, 2.24) is 15.1 Å². The molecule has 2 aliphatic rings. The van der Waals surface area contributed by atoms with Crippen LogP contribution in [0.1, 0.15) is 58.2 Å². The number of ketones is 1. The standard InChI is InChI=1S/C33H36F2N4O4/c1-33(2,3)43-32(42)39-16-14-38(15-17-39)13-12-36-31(41)23-7-5-21-4-6-22-18-25(9-10-26(22)30(40)27(21)19-23)37-29-11-8-24(34)20-28(29)35/h5,7-11,18-20,37H,4,6,12-17H2,1-3H3,(H,36,41). The highest BCUT2D eigenvalue weighted by atomic mass is 19.1. The summed E-state index contributed by atoms with van der Waals surface area (Å²) in [5, 5.41) is 5.90. The first-order chi connectivity index (χ1) is 20.5. The van der Waals surface area contributed by atoms with Crippen molar-refractivity contribution >= 4 is 29.2 Å². The SMILES string of the molecule is CC(C)(C)OC(=O)N1CCN(CCNC(=O)c2ccc3c(c2)C(=O)c2ccc(Nc4ccc(F)cc4F)cc2CC3)CC1. The molecule has 43 heavy (non-hydrogen) atoms. The minimum absolute atomic E-state index is 0.142. The van der Waals surface area contributed by atoms with Gasteiger partial charge in [-0.2, -0.15) is 0 Å². The number of rotatable bonds is 6. The van der Waals surface area contributed by atoms with Gasteiger partial charge in [-0.05, 0) is 87.2 Å². The van der Waals surface area contributed by atoms with Gasteiger partial charge in [-0.3, -0.25) is 14.5 Å². The first kappa shape index (κ1) is 30.2. The van der Waals surface area contributed by atoms with E-state index in [1.165, 1.54) is 12.1 Å². The molecule has 2 amide bonds. The molecule has 2 N–H and O–H groups in total. The van der Waals surface area contributed by atoms with Crippen LogP contribution in [0.25, 0.3) is 0 Å². The zero-order chi connectivity index (χ0) is 30.7. The van der Waals surface area contributed by atoms with Crippen molar-refractivity contribution in [2.45, 2.75) is 39.2 Å². The molecule has 1 fully saturated rings. The Bertz CT molecular complexity index is 1540. The molecule has 0 atom stereocenters. The van der Waals surface area contributed by atoms with Crippen molar-refractivity contribution in [3.8, 4) is 0 Å². The third kappa shape index (κ3) is 7.37. The molecule has 0 bridgehead atoms. The number of nitrogens with zero attached hydrogens (tertiary/aromatic N) is 2. The molecule has 1 aliphatic heterocycles. The number of hydrogen-bond donors (Lipinski definition) is 2. The normalized spacial score (nSPS) is 15.3. The molecule has 0 spiro atoms. The van der Waals surface area contributed by atoms with E-state index in [2.05, 4.69) is 15.5 Å². The molecule has 1 heterocycles. The molecule has 10 heteroatoms. The highest BCUT2D eigenvalue weighted by Gasteiger charge is 2.26. The summed E-state index contributed by atoms with van der Waals surface area (Å²) < 4.78 is 32.8. The van der Waals surface area contributed by atoms with E-state index in [-0.39, 0.29) is 23.5 Å². The fourth-order valence-corrected chi connectivity index (χ4v) is 5.32. The largest absolute Gasteiger partial charge is 0.444 e. The molecule has 0 unspecified atom stereocenters. The first-order valence-electron chi connectivity index (χ1n) is 14.5. The molecular formula is C33H36F2N4O4. The zero-order valence-electron chi connectivity index (χ0n) is 24.6. The topological polar surface area (TPSA) is 91.0 Å². The van der Waals surface area contributed by atoms with Crippen molar-refractivity contribution in [3.05, 3.63) is 94.0 Å². The quantitative estimate of drug-likeness (QED) is 0.404. The van der Waals surface area contributed by atoms with Gasteiger partial charge in [0, 0.05) is 67.7 Å². The highest BCUT2D eigenvalue weighted by molar-refractivity contribution is 6.12. The van der Waals surface area contributed by atoms with Crippen molar-refractivity contribution < 1.29 is 27.9 Å². The van der Waals surface area contributed by atoms with Gasteiger partial charge in [0.25, 0.3) is 5.91 Å². The van der Waals surface area contributed by atoms with Crippen LogP contribution in [0.4, 0.5) is 25.0 Å². The van der Waals surface area contributed by atoms with Crippen molar-refractivity contribution in [2.24, 2.45) is 0 Å². The average Bonchev–Trinajstić information content (AvgIpc) is 3.09. The van der Waals surface area contributed by atoms with E-state index in [0.717, 1.165) is 17.2 Å². The Balaban J connectivity index is 1.17. The first-order valence-corrected chi connectivity index (χ1v) is 14.5. The van der Waals surface area contributed by atoms with E-state index in [4.69, 9.17) is 4.74 Å². The number of ether oxygens (including phenoxy) is 1. The third-order valence-electron chi connectivity index (χ3n) is 7.58. The van der Waals surface area contributed by atoms with Crippen LogP contribution in [0.5, 0.6) is 0 Å². The fraction of sp³-hybridized carbons (Fsp3) is 0.364. The van der Waals surface area contributed by atoms with Gasteiger partial charge in [0.05, 0.1) is 5.69 Å². The van der Waals surface area contributed by atoms with E-state index in [1.807, 2.05) is 32.9 Å². The lowest BCUT2D eigenvalue weighted by molar-refractivity contribution is 0.0147. The average molecular weight is 591 g/mol. The second-order valence-corrected chi connectivity index (χ2v) is 11.9. The maximum Gasteiger partial charge on any atom is 0.410 e. The molecular weight excluding hydrogens is 554 g/mol. The van der Waals surface area contributed by atoms with Gasteiger partial charge < -0.3 is 20.3 Å². The number of amides is 2. The van der Waals surface area contributed by atoms with Crippen LogP contribution >= 0.6 is 0 Å². The Morgan fingerprint density at radius 3 is 2.35 bits per heavy atom. The van der Waals surface area contributed by atoms with Crippen LogP contribution < -0.4 is 10.6 Å². The molecule has 5 rings (SSSR count). The Labute approximate surface area is 250 Å². The highest BCUT2D eigenvalue weighted by Crippen LogP contribution is 2.29. The molecule has 3 aromatic carbocycles. The second-order valence-electron chi connectivity index (χ2n) is 11.9. The predicted octanol–water partition coefficient (Wildman–Crippen LogP) is 5.32. The Kier molecular flexibility index (Phi) is 8.77. The number of aryl methyl sites for hydroxylation is 2. The van der Waals surface area contributed by atoms with E-state index < -0.39 is 17.2 Å². The molecule has 1 aliphatic carbocycles. The Hall–Kier alpha value is -4.31. The monoisotopic (exact) mass is 590 g/mol. The third-order valence-corrected chi connectivity index (χ3v) is 7.58. The summed E-state index contributed by atoms with van der Waals surface area (Å²) in [5.74, 6) is -1.78. The lowest BCUT2D eigenvalue weighted by Crippen LogP contribution is -2.51. The van der Waals surface area contributed by atoms with Crippen LogP contribution in [-0.4, -0.2) is 72.5 Å². The maximum absolute atomic E-state index is 14.1. The van der Waals surface area contributed by atoms with Crippen LogP contribution in [0.2, 0.25) is 0 Å². The van der Waals surface area contributed by atoms with Crippen molar-refractivity contribution in [1.29, 1.82) is 0 Å². The minimum Gasteiger partial charge on any atom is -0.444 e. The number of halogens is 2. The summed E-state index contributed by atoms with van der Waals surface area (Å²) in [4.78, 5) is 42.7. The number of anilines is 2. The molecule has 1 saturated heterocycles. The number of nitrogens with one attached hydrogen (secondary N) is 2. The van der Waals surface area contributed by atoms with Crippen LogP contribution in [-0.2, 0) is 17.6 Å². The summed E-state index contributed by atoms with van der Waals surface area (Å²) in [7, 11) is 0. The summed E-state index contributed by atoms with van der Waals surface area (Å²) in [6, 6.07) is 13.7. The zero-order valence-corrected chi connectivity index (χ0v) is 24.6. The lowest BCUT2D eigenvalue weighted by Gasteiger charge is -2.35. The number of carbonyl (C=O) groups excluding carboxylic acids is 3. The smallest absolute Gasteiger partial charge is 0.410 e. The molecule has 226 valence electrons. The van der Waals surface area contributed by atoms with Crippen LogP contribution in [0.3, 0.4) is 0 Å². The summed E-state index contributed by atoms with van der Waals surface area (Å²) >= 11 is 0. The number of piperazine rings is 1. The van der Waals surface area contributed by atoms with Gasteiger partial charge in [0.1, 0.15) is 17.2 Å². The molecule has 3 aromatic rings. The number of fused-ring (bicyclic) bond motifs is 2.